The molecule has 0 aliphatic carbocycles. The number of ether oxygens (including phenoxy) is 1. The molecule has 3 rings (SSSR count). The second-order valence-electron chi connectivity index (χ2n) is 4.30. The molecule has 0 radical (unpaired) electrons. The van der Waals surface area contributed by atoms with Gasteiger partial charge in [-0.25, -0.2) is 0 Å². The van der Waals surface area contributed by atoms with E-state index < -0.39 is 17.7 Å². The molecule has 1 aliphatic rings. The molecule has 2 aromatic rings. The maximum Gasteiger partial charge on any atom is 0.328 e. The van der Waals surface area contributed by atoms with Gasteiger partial charge in [0.2, 0.25) is 5.82 Å². The van der Waals surface area contributed by atoms with Gasteiger partial charge >= 0.3 is 5.92 Å². The highest BCUT2D eigenvalue weighted by Gasteiger charge is 2.47. The molecule has 3 heterocycles. The molecule has 5 nitrogen and oxygen atoms in total. The smallest absolute Gasteiger partial charge is 0.328 e. The Morgan fingerprint density at radius 2 is 2.11 bits per heavy atom. The van der Waals surface area contributed by atoms with E-state index in [1.54, 1.807) is 5.51 Å². The first-order valence-corrected chi connectivity index (χ1v) is 6.74. The molecule has 0 bridgehead atoms. The van der Waals surface area contributed by atoms with Crippen LogP contribution in [0.15, 0.2) is 16.2 Å². The van der Waals surface area contributed by atoms with Gasteiger partial charge in [0.15, 0.2) is 0 Å². The van der Waals surface area contributed by atoms with Crippen molar-refractivity contribution in [2.24, 2.45) is 5.92 Å². The number of alkyl halides is 2. The van der Waals surface area contributed by atoms with Crippen LogP contribution in [0.4, 0.5) is 8.78 Å². The Balaban J connectivity index is 1.84. The van der Waals surface area contributed by atoms with E-state index >= 15 is 0 Å². The number of halogens is 2. The van der Waals surface area contributed by atoms with Gasteiger partial charge in [0, 0.05) is 25.3 Å². The number of rotatable bonds is 3. The zero-order valence-electron chi connectivity index (χ0n) is 9.88. The van der Waals surface area contributed by atoms with Crippen LogP contribution in [0.1, 0.15) is 18.7 Å². The van der Waals surface area contributed by atoms with Gasteiger partial charge in [-0.2, -0.15) is 13.8 Å². The highest BCUT2D eigenvalue weighted by atomic mass is 32.1. The zero-order valence-corrected chi connectivity index (χ0v) is 10.7. The van der Waals surface area contributed by atoms with Crippen LogP contribution in [-0.4, -0.2) is 28.3 Å². The van der Waals surface area contributed by atoms with Crippen LogP contribution < -0.4 is 0 Å². The average molecular weight is 287 g/mol. The third-order valence-electron chi connectivity index (χ3n) is 3.10. The largest absolute Gasteiger partial charge is 0.381 e. The van der Waals surface area contributed by atoms with Crippen LogP contribution in [-0.2, 0) is 10.7 Å². The van der Waals surface area contributed by atoms with Crippen molar-refractivity contribution in [2.45, 2.75) is 18.8 Å². The summed E-state index contributed by atoms with van der Waals surface area (Å²) in [5.41, 5.74) is 1.59. The Bertz CT molecular complexity index is 538. The van der Waals surface area contributed by atoms with E-state index in [2.05, 4.69) is 15.1 Å². The molecule has 1 saturated heterocycles. The highest BCUT2D eigenvalue weighted by Crippen LogP contribution is 2.40. The monoisotopic (exact) mass is 287 g/mol. The lowest BCUT2D eigenvalue weighted by Crippen LogP contribution is -2.31. The van der Waals surface area contributed by atoms with Crippen molar-refractivity contribution in [3.8, 4) is 10.7 Å². The van der Waals surface area contributed by atoms with E-state index in [0.717, 1.165) is 0 Å². The predicted octanol–water partition coefficient (Wildman–Crippen LogP) is 2.71. The molecular weight excluding hydrogens is 276 g/mol. The molecule has 0 atom stereocenters. The summed E-state index contributed by atoms with van der Waals surface area (Å²) in [4.78, 5) is 8.26. The summed E-state index contributed by atoms with van der Waals surface area (Å²) in [7, 11) is 0. The van der Waals surface area contributed by atoms with Gasteiger partial charge in [0.05, 0.1) is 10.4 Å². The second-order valence-corrected chi connectivity index (χ2v) is 5.18. The van der Waals surface area contributed by atoms with Crippen LogP contribution in [0.2, 0.25) is 0 Å². The summed E-state index contributed by atoms with van der Waals surface area (Å²) < 4.78 is 38.3. The summed E-state index contributed by atoms with van der Waals surface area (Å²) in [6.07, 6.45) is 2.11. The minimum atomic E-state index is -3.11. The van der Waals surface area contributed by atoms with Gasteiger partial charge in [0.1, 0.15) is 0 Å². The first-order chi connectivity index (χ1) is 9.18. The molecule has 0 aromatic carbocycles. The van der Waals surface area contributed by atoms with Crippen LogP contribution in [0.5, 0.6) is 0 Å². The van der Waals surface area contributed by atoms with Crippen molar-refractivity contribution in [1.82, 2.24) is 15.1 Å². The predicted molar refractivity (Wildman–Crippen MR) is 62.8 cm³/mol. The topological polar surface area (TPSA) is 61.0 Å². The van der Waals surface area contributed by atoms with Gasteiger partial charge < -0.3 is 9.26 Å². The van der Waals surface area contributed by atoms with Crippen LogP contribution >= 0.6 is 11.3 Å². The summed E-state index contributed by atoms with van der Waals surface area (Å²) >= 11 is 1.27. The molecule has 0 spiro atoms. The van der Waals surface area contributed by atoms with E-state index in [4.69, 9.17) is 9.26 Å². The standard InChI is InChI=1S/C11H11F2N3O2S/c12-11(13,7-1-3-17-4-2-7)10-15-9(16-18-10)8-5-14-6-19-8/h5-7H,1-4H2. The molecule has 19 heavy (non-hydrogen) atoms. The quantitative estimate of drug-likeness (QED) is 0.868. The lowest BCUT2D eigenvalue weighted by atomic mass is 9.93. The van der Waals surface area contributed by atoms with Gasteiger partial charge in [-0.1, -0.05) is 5.16 Å². The molecular formula is C11H11F2N3O2S. The lowest BCUT2D eigenvalue weighted by molar-refractivity contribution is -0.121. The summed E-state index contributed by atoms with van der Waals surface area (Å²) in [5.74, 6) is -4.39. The Hall–Kier alpha value is -1.41. The van der Waals surface area contributed by atoms with Gasteiger partial charge in [-0.3, -0.25) is 4.98 Å². The van der Waals surface area contributed by atoms with E-state index in [9.17, 15) is 8.78 Å². The third kappa shape index (κ3) is 2.37. The van der Waals surface area contributed by atoms with Crippen LogP contribution in [0.3, 0.4) is 0 Å². The maximum absolute atomic E-state index is 14.2. The molecule has 0 N–H and O–H groups in total. The second kappa shape index (κ2) is 4.93. The number of nitrogens with zero attached hydrogens (tertiary/aromatic N) is 3. The fourth-order valence-electron chi connectivity index (χ4n) is 2.02. The highest BCUT2D eigenvalue weighted by molar-refractivity contribution is 7.13. The Kier molecular flexibility index (Phi) is 3.28. The van der Waals surface area contributed by atoms with Gasteiger partial charge in [-0.05, 0) is 12.8 Å². The fourth-order valence-corrected chi connectivity index (χ4v) is 2.57. The van der Waals surface area contributed by atoms with Crippen LogP contribution in [0.25, 0.3) is 10.7 Å². The Morgan fingerprint density at radius 1 is 1.32 bits per heavy atom. The minimum Gasteiger partial charge on any atom is -0.381 e. The van der Waals surface area contributed by atoms with E-state index in [1.807, 2.05) is 0 Å². The Labute approximate surface area is 111 Å². The van der Waals surface area contributed by atoms with E-state index in [-0.39, 0.29) is 5.82 Å². The van der Waals surface area contributed by atoms with Crippen molar-refractivity contribution in [3.05, 3.63) is 17.6 Å². The number of hydrogen-bond acceptors (Lipinski definition) is 6. The minimum absolute atomic E-state index is 0.157. The molecule has 102 valence electrons. The molecule has 1 fully saturated rings. The van der Waals surface area contributed by atoms with Crippen molar-refractivity contribution >= 4 is 11.3 Å². The van der Waals surface area contributed by atoms with Crippen molar-refractivity contribution in [2.75, 3.05) is 13.2 Å². The molecule has 0 saturated carbocycles. The van der Waals surface area contributed by atoms with Crippen LogP contribution in [0, 0.1) is 5.92 Å². The van der Waals surface area contributed by atoms with Crippen molar-refractivity contribution in [3.63, 3.8) is 0 Å². The Morgan fingerprint density at radius 3 is 2.79 bits per heavy atom. The van der Waals surface area contributed by atoms with E-state index in [1.165, 1.54) is 17.5 Å². The summed E-state index contributed by atoms with van der Waals surface area (Å²) in [6, 6.07) is 0. The number of aromatic nitrogens is 3. The maximum atomic E-state index is 14.2. The fraction of sp³-hybridized carbons (Fsp3) is 0.545. The van der Waals surface area contributed by atoms with Gasteiger partial charge in [-0.15, -0.1) is 11.3 Å². The molecule has 2 aromatic heterocycles. The first-order valence-electron chi connectivity index (χ1n) is 5.86. The lowest BCUT2D eigenvalue weighted by Gasteiger charge is -2.27. The molecule has 8 heteroatoms. The SMILES string of the molecule is FC(F)(c1nc(-c2cncs2)no1)C1CCOCC1. The number of hydrogen-bond donors (Lipinski definition) is 0. The summed E-state index contributed by atoms with van der Waals surface area (Å²) in [6.45, 7) is 0.687. The number of thiazole rings is 1. The van der Waals surface area contributed by atoms with Crippen molar-refractivity contribution in [1.29, 1.82) is 0 Å². The van der Waals surface area contributed by atoms with Gasteiger partial charge in [0.25, 0.3) is 5.89 Å². The summed E-state index contributed by atoms with van der Waals surface area (Å²) in [5, 5.41) is 3.59. The molecule has 0 amide bonds. The van der Waals surface area contributed by atoms with E-state index in [0.29, 0.717) is 30.9 Å². The molecule has 1 aliphatic heterocycles. The van der Waals surface area contributed by atoms with Crippen molar-refractivity contribution < 1.29 is 18.0 Å². The first kappa shape index (κ1) is 12.6. The zero-order chi connectivity index (χ0) is 13.3. The average Bonchev–Trinajstić information content (AvgIpc) is 3.10. The molecule has 0 unspecified atom stereocenters. The third-order valence-corrected chi connectivity index (χ3v) is 3.87. The normalized spacial score (nSPS) is 17.8.